The normalized spacial score (nSPS) is 10.9. The number of hydrogen-bond donors (Lipinski definition) is 1. The van der Waals surface area contributed by atoms with Crippen molar-refractivity contribution in [1.29, 1.82) is 5.26 Å². The first kappa shape index (κ1) is 23.0. The minimum Gasteiger partial charge on any atom is -0.503 e. The van der Waals surface area contributed by atoms with Gasteiger partial charge in [0, 0.05) is 12.1 Å². The Morgan fingerprint density at radius 2 is 1.72 bits per heavy atom. The second-order valence-corrected chi connectivity index (χ2v) is 7.29. The molecule has 0 fully saturated rings. The summed E-state index contributed by atoms with van der Waals surface area (Å²) in [5.41, 5.74) is 1.63. The van der Waals surface area contributed by atoms with Crippen LogP contribution in [0.2, 0.25) is 10.0 Å². The lowest BCUT2D eigenvalue weighted by molar-refractivity contribution is -0.130. The second-order valence-electron chi connectivity index (χ2n) is 6.47. The van der Waals surface area contributed by atoms with E-state index in [0.717, 1.165) is 0 Å². The third kappa shape index (κ3) is 5.52. The highest BCUT2D eigenvalue weighted by molar-refractivity contribution is 6.37. The van der Waals surface area contributed by atoms with Crippen molar-refractivity contribution in [3.8, 4) is 23.3 Å². The Kier molecular flexibility index (Phi) is 7.61. The summed E-state index contributed by atoms with van der Waals surface area (Å²) < 4.78 is 16.5. The predicted octanol–water partition coefficient (Wildman–Crippen LogP) is 6.31. The van der Waals surface area contributed by atoms with Gasteiger partial charge in [-0.1, -0.05) is 47.5 Å². The maximum Gasteiger partial charge on any atom is 0.339 e. The summed E-state index contributed by atoms with van der Waals surface area (Å²) >= 11 is 12.7. The highest BCUT2D eigenvalue weighted by Crippen LogP contribution is 2.40. The molecule has 3 aromatic carbocycles. The predicted molar refractivity (Wildman–Crippen MR) is 121 cm³/mol. The third-order valence-electron chi connectivity index (χ3n) is 4.34. The number of halogens is 2. The van der Waals surface area contributed by atoms with Crippen molar-refractivity contribution < 1.29 is 24.1 Å². The van der Waals surface area contributed by atoms with E-state index < -0.39 is 5.97 Å². The topological polar surface area (TPSA) is 88.8 Å². The molecule has 0 aliphatic rings. The molecule has 0 aliphatic heterocycles. The summed E-state index contributed by atoms with van der Waals surface area (Å²) in [6.07, 6.45) is 1.17. The lowest BCUT2D eigenvalue weighted by Crippen LogP contribution is -2.06. The van der Waals surface area contributed by atoms with Crippen LogP contribution in [0.5, 0.6) is 17.2 Å². The van der Waals surface area contributed by atoms with Crippen LogP contribution < -0.4 is 9.47 Å². The average Bonchev–Trinajstić information content (AvgIpc) is 2.79. The first-order chi connectivity index (χ1) is 15.4. The Bertz CT molecular complexity index is 1180. The molecule has 0 spiro atoms. The van der Waals surface area contributed by atoms with Gasteiger partial charge in [-0.15, -0.1) is 0 Å². The molecule has 0 bridgehead atoms. The zero-order valence-corrected chi connectivity index (χ0v) is 18.4. The lowest BCUT2D eigenvalue weighted by Gasteiger charge is -2.14. The summed E-state index contributed by atoms with van der Waals surface area (Å²) in [5, 5.41) is 18.8. The van der Waals surface area contributed by atoms with Crippen LogP contribution in [-0.4, -0.2) is 18.2 Å². The highest BCUT2D eigenvalue weighted by Gasteiger charge is 2.16. The summed E-state index contributed by atoms with van der Waals surface area (Å²) in [4.78, 5) is 11.6. The molecule has 162 valence electrons. The smallest absolute Gasteiger partial charge is 0.339 e. The first-order valence-electron chi connectivity index (χ1n) is 9.27. The lowest BCUT2D eigenvalue weighted by atomic mass is 10.0. The van der Waals surface area contributed by atoms with Crippen LogP contribution in [0.4, 0.5) is 0 Å². The van der Waals surface area contributed by atoms with Gasteiger partial charge in [0.2, 0.25) is 0 Å². The molecule has 32 heavy (non-hydrogen) atoms. The SMILES string of the molecule is CO/C=C(/C(=O)O)c1ccccc1COc1cc(Cl)c(Oc2ccc(C#N)cc2)c(Cl)c1. The minimum atomic E-state index is -1.12. The van der Waals surface area contributed by atoms with E-state index in [0.29, 0.717) is 28.2 Å². The van der Waals surface area contributed by atoms with Crippen LogP contribution in [0, 0.1) is 11.3 Å². The number of ether oxygens (including phenoxy) is 3. The monoisotopic (exact) mass is 469 g/mol. The number of hydrogen-bond acceptors (Lipinski definition) is 5. The summed E-state index contributed by atoms with van der Waals surface area (Å²) in [7, 11) is 1.38. The molecule has 3 aromatic rings. The van der Waals surface area contributed by atoms with Gasteiger partial charge in [0.25, 0.3) is 0 Å². The van der Waals surface area contributed by atoms with Gasteiger partial charge in [0.05, 0.1) is 35.0 Å². The maximum absolute atomic E-state index is 11.6. The third-order valence-corrected chi connectivity index (χ3v) is 4.90. The molecule has 3 rings (SSSR count). The van der Waals surface area contributed by atoms with Crippen molar-refractivity contribution in [3.63, 3.8) is 0 Å². The standard InChI is InChI=1S/C24H17Cl2NO5/c1-30-14-20(24(28)29)19-5-3-2-4-16(19)13-31-18-10-21(25)23(22(26)11-18)32-17-8-6-15(12-27)7-9-17/h2-11,14H,13H2,1H3,(H,28,29)/b20-14+. The Labute approximate surface area is 194 Å². The van der Waals surface area contributed by atoms with Crippen LogP contribution in [0.25, 0.3) is 5.57 Å². The molecule has 0 radical (unpaired) electrons. The van der Waals surface area contributed by atoms with Crippen molar-refractivity contribution in [3.05, 3.63) is 93.7 Å². The van der Waals surface area contributed by atoms with Gasteiger partial charge in [-0.25, -0.2) is 4.79 Å². The molecule has 0 saturated carbocycles. The van der Waals surface area contributed by atoms with Gasteiger partial charge in [-0.05, 0) is 35.4 Å². The van der Waals surface area contributed by atoms with E-state index in [1.165, 1.54) is 13.4 Å². The minimum absolute atomic E-state index is 0.00827. The van der Waals surface area contributed by atoms with Crippen molar-refractivity contribution >= 4 is 34.7 Å². The molecule has 0 atom stereocenters. The van der Waals surface area contributed by atoms with Gasteiger partial charge in [-0.2, -0.15) is 5.26 Å². The fraction of sp³-hybridized carbons (Fsp3) is 0.0833. The fourth-order valence-corrected chi connectivity index (χ4v) is 3.39. The number of methoxy groups -OCH3 is 1. The van der Waals surface area contributed by atoms with Crippen LogP contribution in [0.15, 0.2) is 66.9 Å². The van der Waals surface area contributed by atoms with Gasteiger partial charge in [0.15, 0.2) is 5.75 Å². The number of benzene rings is 3. The van der Waals surface area contributed by atoms with Crippen molar-refractivity contribution in [2.24, 2.45) is 0 Å². The molecule has 0 saturated heterocycles. The summed E-state index contributed by atoms with van der Waals surface area (Å²) in [6, 6.07) is 18.6. The van der Waals surface area contributed by atoms with E-state index in [4.69, 9.17) is 42.7 Å². The van der Waals surface area contributed by atoms with Gasteiger partial charge in [-0.3, -0.25) is 0 Å². The van der Waals surface area contributed by atoms with E-state index in [-0.39, 0.29) is 28.0 Å². The molecule has 8 heteroatoms. The number of rotatable bonds is 8. The Hall–Kier alpha value is -3.66. The van der Waals surface area contributed by atoms with Crippen molar-refractivity contribution in [2.45, 2.75) is 6.61 Å². The quantitative estimate of drug-likeness (QED) is 0.307. The van der Waals surface area contributed by atoms with E-state index in [2.05, 4.69) is 0 Å². The van der Waals surface area contributed by atoms with Gasteiger partial charge < -0.3 is 19.3 Å². The molecule has 6 nitrogen and oxygen atoms in total. The number of carboxylic acids is 1. The van der Waals surface area contributed by atoms with Crippen molar-refractivity contribution in [1.82, 2.24) is 0 Å². The molecule has 0 aromatic heterocycles. The zero-order chi connectivity index (χ0) is 23.1. The second kappa shape index (κ2) is 10.6. The maximum atomic E-state index is 11.6. The highest BCUT2D eigenvalue weighted by atomic mass is 35.5. The van der Waals surface area contributed by atoms with Crippen LogP contribution in [0.3, 0.4) is 0 Å². The number of carbonyl (C=O) groups is 1. The number of carboxylic acid groups (broad SMARTS) is 1. The Morgan fingerprint density at radius 1 is 1.06 bits per heavy atom. The summed E-state index contributed by atoms with van der Waals surface area (Å²) in [5.74, 6) is -0.00669. The Morgan fingerprint density at radius 3 is 2.31 bits per heavy atom. The number of aliphatic carboxylic acids is 1. The molecular formula is C24H17Cl2NO5. The molecule has 0 amide bonds. The zero-order valence-electron chi connectivity index (χ0n) is 16.8. The van der Waals surface area contributed by atoms with Crippen LogP contribution in [-0.2, 0) is 16.1 Å². The van der Waals surface area contributed by atoms with E-state index in [1.807, 2.05) is 6.07 Å². The molecular weight excluding hydrogens is 453 g/mol. The van der Waals surface area contributed by atoms with Gasteiger partial charge >= 0.3 is 5.97 Å². The first-order valence-corrected chi connectivity index (χ1v) is 10.0. The fourth-order valence-electron chi connectivity index (χ4n) is 2.85. The van der Waals surface area contributed by atoms with Crippen LogP contribution in [0.1, 0.15) is 16.7 Å². The van der Waals surface area contributed by atoms with E-state index in [9.17, 15) is 9.90 Å². The van der Waals surface area contributed by atoms with Crippen LogP contribution >= 0.6 is 23.2 Å². The molecule has 1 N–H and O–H groups in total. The van der Waals surface area contributed by atoms with Gasteiger partial charge in [0.1, 0.15) is 23.7 Å². The van der Waals surface area contributed by atoms with Crippen molar-refractivity contribution in [2.75, 3.05) is 7.11 Å². The molecule has 0 heterocycles. The number of nitrogens with zero attached hydrogens (tertiary/aromatic N) is 1. The summed E-state index contributed by atoms with van der Waals surface area (Å²) in [6.45, 7) is 0.0764. The van der Waals surface area contributed by atoms with E-state index >= 15 is 0 Å². The molecule has 0 unspecified atom stereocenters. The Balaban J connectivity index is 1.79. The largest absolute Gasteiger partial charge is 0.503 e. The molecule has 0 aliphatic carbocycles. The van der Waals surface area contributed by atoms with E-state index in [1.54, 1.807) is 60.7 Å². The number of nitriles is 1. The average molecular weight is 470 g/mol.